The van der Waals surface area contributed by atoms with Crippen LogP contribution in [0.4, 0.5) is 4.79 Å². The standard InChI is InChI=1S/C27H32N2O6/c1-34-16-24(25(30)28-14-17-7-6-8-18(13-17)26(31)32)29-27(33)35-15-23-21-11-4-2-9-19(21)20-10-3-5-12-22(20)23/h2-5,9-12,17-18,23-24H,6-8,13-16H2,1H3,(H,28,30)(H,29,33)(H,31,32). The summed E-state index contributed by atoms with van der Waals surface area (Å²) in [5, 5.41) is 14.7. The Hall–Kier alpha value is -3.39. The molecule has 0 saturated heterocycles. The largest absolute Gasteiger partial charge is 0.481 e. The molecule has 3 atom stereocenters. The molecular weight excluding hydrogens is 448 g/mol. The Kier molecular flexibility index (Phi) is 8.02. The van der Waals surface area contributed by atoms with Crippen LogP contribution in [0.25, 0.3) is 11.1 Å². The number of aliphatic carboxylic acids is 1. The number of amides is 2. The van der Waals surface area contributed by atoms with E-state index in [4.69, 9.17) is 9.47 Å². The second-order valence-corrected chi connectivity index (χ2v) is 9.29. The molecule has 3 unspecified atom stereocenters. The zero-order valence-corrected chi connectivity index (χ0v) is 19.9. The molecule has 35 heavy (non-hydrogen) atoms. The number of benzene rings is 2. The van der Waals surface area contributed by atoms with Crippen molar-refractivity contribution in [3.05, 3.63) is 59.7 Å². The van der Waals surface area contributed by atoms with E-state index in [0.29, 0.717) is 19.4 Å². The number of ether oxygens (including phenoxy) is 2. The lowest BCUT2D eigenvalue weighted by atomic mass is 9.81. The van der Waals surface area contributed by atoms with Crippen LogP contribution in [0, 0.1) is 11.8 Å². The number of rotatable bonds is 9. The van der Waals surface area contributed by atoms with E-state index < -0.39 is 18.1 Å². The van der Waals surface area contributed by atoms with Gasteiger partial charge in [0, 0.05) is 19.6 Å². The molecule has 0 aromatic heterocycles. The molecule has 0 bridgehead atoms. The molecule has 0 aliphatic heterocycles. The quantitative estimate of drug-likeness (QED) is 0.506. The van der Waals surface area contributed by atoms with Crippen LogP contribution >= 0.6 is 0 Å². The lowest BCUT2D eigenvalue weighted by molar-refractivity contribution is -0.143. The second-order valence-electron chi connectivity index (χ2n) is 9.29. The molecule has 2 aromatic carbocycles. The minimum absolute atomic E-state index is 0.00154. The minimum atomic E-state index is -0.908. The summed E-state index contributed by atoms with van der Waals surface area (Å²) in [6.07, 6.45) is 2.24. The molecule has 8 heteroatoms. The number of methoxy groups -OCH3 is 1. The Morgan fingerprint density at radius 2 is 1.69 bits per heavy atom. The van der Waals surface area contributed by atoms with Crippen molar-refractivity contribution in [3.8, 4) is 11.1 Å². The highest BCUT2D eigenvalue weighted by Gasteiger charge is 2.31. The number of carboxylic acids is 1. The van der Waals surface area contributed by atoms with E-state index in [1.165, 1.54) is 7.11 Å². The molecule has 8 nitrogen and oxygen atoms in total. The maximum absolute atomic E-state index is 12.7. The Morgan fingerprint density at radius 3 is 2.31 bits per heavy atom. The zero-order chi connectivity index (χ0) is 24.8. The first-order valence-corrected chi connectivity index (χ1v) is 12.1. The van der Waals surface area contributed by atoms with Gasteiger partial charge in [-0.15, -0.1) is 0 Å². The van der Waals surface area contributed by atoms with Crippen LogP contribution in [-0.2, 0) is 19.1 Å². The lowest BCUT2D eigenvalue weighted by Gasteiger charge is -2.27. The van der Waals surface area contributed by atoms with Crippen LogP contribution in [0.3, 0.4) is 0 Å². The highest BCUT2D eigenvalue weighted by atomic mass is 16.5. The molecule has 2 aliphatic carbocycles. The van der Waals surface area contributed by atoms with Gasteiger partial charge in [0.25, 0.3) is 0 Å². The molecule has 3 N–H and O–H groups in total. The molecular formula is C27H32N2O6. The summed E-state index contributed by atoms with van der Waals surface area (Å²) in [6, 6.07) is 15.3. The molecule has 1 saturated carbocycles. The number of carbonyl (C=O) groups excluding carboxylic acids is 2. The molecule has 186 valence electrons. The van der Waals surface area contributed by atoms with E-state index in [2.05, 4.69) is 22.8 Å². The van der Waals surface area contributed by atoms with Gasteiger partial charge in [-0.2, -0.15) is 0 Å². The van der Waals surface area contributed by atoms with Gasteiger partial charge in [0.05, 0.1) is 12.5 Å². The van der Waals surface area contributed by atoms with Gasteiger partial charge in [0.2, 0.25) is 5.91 Å². The van der Waals surface area contributed by atoms with Crippen molar-refractivity contribution in [1.82, 2.24) is 10.6 Å². The Balaban J connectivity index is 1.31. The maximum atomic E-state index is 12.7. The smallest absolute Gasteiger partial charge is 0.407 e. The third kappa shape index (κ3) is 5.82. The highest BCUT2D eigenvalue weighted by Crippen LogP contribution is 2.44. The van der Waals surface area contributed by atoms with Crippen molar-refractivity contribution in [3.63, 3.8) is 0 Å². The number of hydrogen-bond acceptors (Lipinski definition) is 5. The fourth-order valence-electron chi connectivity index (χ4n) is 5.20. The average molecular weight is 481 g/mol. The third-order valence-electron chi connectivity index (χ3n) is 6.98. The Morgan fingerprint density at radius 1 is 1.03 bits per heavy atom. The van der Waals surface area contributed by atoms with E-state index in [9.17, 15) is 19.5 Å². The fraction of sp³-hybridized carbons (Fsp3) is 0.444. The van der Waals surface area contributed by atoms with Crippen LogP contribution in [0.1, 0.15) is 42.7 Å². The van der Waals surface area contributed by atoms with Crippen LogP contribution in [0.2, 0.25) is 0 Å². The number of nitrogens with one attached hydrogen (secondary N) is 2. The molecule has 0 spiro atoms. The minimum Gasteiger partial charge on any atom is -0.481 e. The Labute approximate surface area is 205 Å². The van der Waals surface area contributed by atoms with Gasteiger partial charge in [-0.1, -0.05) is 55.0 Å². The van der Waals surface area contributed by atoms with E-state index >= 15 is 0 Å². The molecule has 2 aromatic rings. The van der Waals surface area contributed by atoms with Crippen molar-refractivity contribution in [1.29, 1.82) is 0 Å². The van der Waals surface area contributed by atoms with Crippen molar-refractivity contribution >= 4 is 18.0 Å². The van der Waals surface area contributed by atoms with Crippen molar-refractivity contribution in [2.24, 2.45) is 11.8 Å². The summed E-state index contributed by atoms with van der Waals surface area (Å²) in [4.78, 5) is 36.6. The van der Waals surface area contributed by atoms with Crippen LogP contribution < -0.4 is 10.6 Å². The van der Waals surface area contributed by atoms with Crippen molar-refractivity contribution in [2.45, 2.75) is 37.6 Å². The van der Waals surface area contributed by atoms with E-state index in [1.807, 2.05) is 36.4 Å². The van der Waals surface area contributed by atoms with Crippen LogP contribution in [-0.4, -0.2) is 56.0 Å². The fourth-order valence-corrected chi connectivity index (χ4v) is 5.20. The highest BCUT2D eigenvalue weighted by molar-refractivity contribution is 5.86. The first-order valence-electron chi connectivity index (χ1n) is 12.1. The summed E-state index contributed by atoms with van der Waals surface area (Å²) < 4.78 is 10.7. The molecule has 2 aliphatic rings. The van der Waals surface area contributed by atoms with Gasteiger partial charge in [-0.25, -0.2) is 4.79 Å². The SMILES string of the molecule is COCC(NC(=O)OCC1c2ccccc2-c2ccccc21)C(=O)NCC1CCCC(C(=O)O)C1. The molecule has 0 heterocycles. The van der Waals surface area contributed by atoms with Gasteiger partial charge in [-0.3, -0.25) is 9.59 Å². The van der Waals surface area contributed by atoms with E-state index in [0.717, 1.165) is 35.1 Å². The second kappa shape index (κ2) is 11.4. The third-order valence-corrected chi connectivity index (χ3v) is 6.98. The van der Waals surface area contributed by atoms with Crippen LogP contribution in [0.5, 0.6) is 0 Å². The normalized spacial score (nSPS) is 19.8. The number of fused-ring (bicyclic) bond motifs is 3. The zero-order valence-electron chi connectivity index (χ0n) is 19.9. The first kappa shape index (κ1) is 24.7. The van der Waals surface area contributed by atoms with Crippen molar-refractivity contribution in [2.75, 3.05) is 26.9 Å². The predicted molar refractivity (Wildman–Crippen MR) is 130 cm³/mol. The van der Waals surface area contributed by atoms with Crippen molar-refractivity contribution < 1.29 is 29.0 Å². The molecule has 2 amide bonds. The van der Waals surface area contributed by atoms with Gasteiger partial charge in [-0.05, 0) is 47.4 Å². The van der Waals surface area contributed by atoms with Crippen LogP contribution in [0.15, 0.2) is 48.5 Å². The number of hydrogen-bond donors (Lipinski definition) is 3. The van der Waals surface area contributed by atoms with Gasteiger partial charge in [0.1, 0.15) is 12.6 Å². The summed E-state index contributed by atoms with van der Waals surface area (Å²) in [5.41, 5.74) is 4.50. The molecule has 0 radical (unpaired) electrons. The number of alkyl carbamates (subject to hydrolysis) is 1. The summed E-state index contributed by atoms with van der Waals surface area (Å²) in [5.74, 6) is -1.49. The topological polar surface area (TPSA) is 114 Å². The Bertz CT molecular complexity index is 1030. The first-order chi connectivity index (χ1) is 17.0. The summed E-state index contributed by atoms with van der Waals surface area (Å²) in [7, 11) is 1.46. The lowest BCUT2D eigenvalue weighted by Crippen LogP contribution is -2.50. The summed E-state index contributed by atoms with van der Waals surface area (Å²) in [6.45, 7) is 0.521. The number of carbonyl (C=O) groups is 3. The van der Waals surface area contributed by atoms with E-state index in [-0.39, 0.29) is 36.9 Å². The average Bonchev–Trinajstić information content (AvgIpc) is 3.19. The summed E-state index contributed by atoms with van der Waals surface area (Å²) >= 11 is 0. The van der Waals surface area contributed by atoms with E-state index in [1.54, 1.807) is 0 Å². The maximum Gasteiger partial charge on any atom is 0.407 e. The predicted octanol–water partition coefficient (Wildman–Crippen LogP) is 3.55. The molecule has 4 rings (SSSR count). The molecule has 1 fully saturated rings. The van der Waals surface area contributed by atoms with Gasteiger partial charge >= 0.3 is 12.1 Å². The van der Waals surface area contributed by atoms with Gasteiger partial charge < -0.3 is 25.2 Å². The van der Waals surface area contributed by atoms with Gasteiger partial charge in [0.15, 0.2) is 0 Å². The number of carboxylic acid groups (broad SMARTS) is 1. The monoisotopic (exact) mass is 480 g/mol.